The molecule has 0 bridgehead atoms. The summed E-state index contributed by atoms with van der Waals surface area (Å²) in [6.45, 7) is 2.03. The number of amides is 1. The molecule has 0 radical (unpaired) electrons. The van der Waals surface area contributed by atoms with Gasteiger partial charge in [-0.1, -0.05) is 78.3 Å². The maximum absolute atomic E-state index is 13.3. The molecule has 146 valence electrons. The molecule has 1 amide bonds. The molecule has 0 saturated heterocycles. The lowest BCUT2D eigenvalue weighted by molar-refractivity contribution is -0.116. The van der Waals surface area contributed by atoms with E-state index in [1.54, 1.807) is 0 Å². The van der Waals surface area contributed by atoms with Crippen molar-refractivity contribution in [1.29, 1.82) is 0 Å². The van der Waals surface area contributed by atoms with E-state index >= 15 is 0 Å². The number of benzene rings is 3. The third-order valence-corrected chi connectivity index (χ3v) is 5.85. The van der Waals surface area contributed by atoms with Crippen molar-refractivity contribution in [2.75, 3.05) is 0 Å². The lowest BCUT2D eigenvalue weighted by Crippen LogP contribution is -2.27. The summed E-state index contributed by atoms with van der Waals surface area (Å²) < 4.78 is 0. The minimum atomic E-state index is -0.107. The Bertz CT molecular complexity index is 1060. The van der Waals surface area contributed by atoms with Crippen LogP contribution in [0.2, 0.25) is 5.02 Å². The van der Waals surface area contributed by atoms with Crippen molar-refractivity contribution in [3.05, 3.63) is 106 Å². The Labute approximate surface area is 177 Å². The molecule has 0 saturated carbocycles. The second kappa shape index (κ2) is 8.67. The molecular weight excluding hydrogens is 378 g/mol. The number of rotatable bonds is 5. The standard InChI is InChI=1S/C26H24ClNO/c1-18(21-15-14-19-11-7-12-22(19)16-21)28-26(29)24(20-8-3-2-4-9-20)17-23-10-5-6-13-25(23)27/h2-6,8-10,13-18H,7,11-12H2,1H3,(H,28,29)/b24-17+/t18-/m1/s1. The first-order chi connectivity index (χ1) is 14.1. The Morgan fingerprint density at radius 3 is 2.48 bits per heavy atom. The molecule has 3 aromatic carbocycles. The Morgan fingerprint density at radius 2 is 1.69 bits per heavy atom. The highest BCUT2D eigenvalue weighted by atomic mass is 35.5. The summed E-state index contributed by atoms with van der Waals surface area (Å²) in [5, 5.41) is 3.80. The maximum Gasteiger partial charge on any atom is 0.252 e. The van der Waals surface area contributed by atoms with Crippen molar-refractivity contribution in [1.82, 2.24) is 5.32 Å². The summed E-state index contributed by atoms with van der Waals surface area (Å²) in [6.07, 6.45) is 5.38. The van der Waals surface area contributed by atoms with Gasteiger partial charge in [0.15, 0.2) is 0 Å². The monoisotopic (exact) mass is 401 g/mol. The van der Waals surface area contributed by atoms with E-state index in [1.165, 1.54) is 17.5 Å². The number of aryl methyl sites for hydroxylation is 2. The zero-order chi connectivity index (χ0) is 20.2. The highest BCUT2D eigenvalue weighted by Crippen LogP contribution is 2.27. The van der Waals surface area contributed by atoms with Crippen LogP contribution >= 0.6 is 11.6 Å². The fourth-order valence-corrected chi connectivity index (χ4v) is 4.05. The minimum absolute atomic E-state index is 0.0771. The van der Waals surface area contributed by atoms with Gasteiger partial charge in [0, 0.05) is 10.6 Å². The average Bonchev–Trinajstić information content (AvgIpc) is 3.21. The van der Waals surface area contributed by atoms with E-state index in [9.17, 15) is 4.79 Å². The van der Waals surface area contributed by atoms with Crippen LogP contribution in [0, 0.1) is 0 Å². The first-order valence-electron chi connectivity index (χ1n) is 10.1. The molecule has 0 unspecified atom stereocenters. The number of fused-ring (bicyclic) bond motifs is 1. The molecule has 3 heteroatoms. The third kappa shape index (κ3) is 4.44. The first-order valence-corrected chi connectivity index (χ1v) is 10.4. The van der Waals surface area contributed by atoms with Gasteiger partial charge in [0.1, 0.15) is 0 Å². The van der Waals surface area contributed by atoms with Crippen molar-refractivity contribution in [3.63, 3.8) is 0 Å². The van der Waals surface area contributed by atoms with E-state index in [0.29, 0.717) is 10.6 Å². The van der Waals surface area contributed by atoms with E-state index in [1.807, 2.05) is 67.6 Å². The number of nitrogens with one attached hydrogen (secondary N) is 1. The minimum Gasteiger partial charge on any atom is -0.345 e. The smallest absolute Gasteiger partial charge is 0.252 e. The lowest BCUT2D eigenvalue weighted by Gasteiger charge is -2.17. The molecule has 0 spiro atoms. The highest BCUT2D eigenvalue weighted by molar-refractivity contribution is 6.33. The predicted molar refractivity (Wildman–Crippen MR) is 121 cm³/mol. The van der Waals surface area contributed by atoms with Crippen LogP contribution in [0.25, 0.3) is 11.6 Å². The van der Waals surface area contributed by atoms with E-state index in [0.717, 1.165) is 29.5 Å². The van der Waals surface area contributed by atoms with Crippen LogP contribution in [0.4, 0.5) is 0 Å². The van der Waals surface area contributed by atoms with Gasteiger partial charge in [-0.2, -0.15) is 0 Å². The van der Waals surface area contributed by atoms with Gasteiger partial charge in [-0.3, -0.25) is 4.79 Å². The molecule has 1 aliphatic rings. The summed E-state index contributed by atoms with van der Waals surface area (Å²) in [5.74, 6) is -0.107. The van der Waals surface area contributed by atoms with Crippen LogP contribution in [-0.4, -0.2) is 5.91 Å². The van der Waals surface area contributed by atoms with Crippen LogP contribution < -0.4 is 5.32 Å². The van der Waals surface area contributed by atoms with Crippen LogP contribution in [-0.2, 0) is 17.6 Å². The van der Waals surface area contributed by atoms with Gasteiger partial charge in [0.25, 0.3) is 5.91 Å². The van der Waals surface area contributed by atoms with Gasteiger partial charge in [0.05, 0.1) is 6.04 Å². The SMILES string of the molecule is C[C@@H](NC(=O)/C(=C/c1ccccc1Cl)c1ccccc1)c1ccc2c(c1)CCC2. The zero-order valence-corrected chi connectivity index (χ0v) is 17.2. The quantitative estimate of drug-likeness (QED) is 0.397. The van der Waals surface area contributed by atoms with Crippen LogP contribution in [0.3, 0.4) is 0 Å². The fourth-order valence-electron chi connectivity index (χ4n) is 3.86. The molecule has 1 atom stereocenters. The molecule has 0 fully saturated rings. The van der Waals surface area contributed by atoms with E-state index in [2.05, 4.69) is 23.5 Å². The third-order valence-electron chi connectivity index (χ3n) is 5.50. The number of hydrogen-bond donors (Lipinski definition) is 1. The normalized spacial score (nSPS) is 14.3. The highest BCUT2D eigenvalue weighted by Gasteiger charge is 2.18. The summed E-state index contributed by atoms with van der Waals surface area (Å²) in [7, 11) is 0. The molecule has 1 aliphatic carbocycles. The predicted octanol–water partition coefficient (Wildman–Crippen LogP) is 6.25. The Morgan fingerprint density at radius 1 is 0.966 bits per heavy atom. The van der Waals surface area contributed by atoms with Crippen molar-refractivity contribution in [3.8, 4) is 0 Å². The average molecular weight is 402 g/mol. The molecule has 0 aliphatic heterocycles. The van der Waals surface area contributed by atoms with Gasteiger partial charge >= 0.3 is 0 Å². The van der Waals surface area contributed by atoms with Crippen LogP contribution in [0.15, 0.2) is 72.8 Å². The molecule has 0 heterocycles. The number of halogens is 1. The molecule has 4 rings (SSSR count). The van der Waals surface area contributed by atoms with Crippen molar-refractivity contribution in [2.24, 2.45) is 0 Å². The van der Waals surface area contributed by atoms with Crippen molar-refractivity contribution < 1.29 is 4.79 Å². The summed E-state index contributed by atoms with van der Waals surface area (Å²) in [4.78, 5) is 13.3. The van der Waals surface area contributed by atoms with E-state index in [-0.39, 0.29) is 11.9 Å². The Balaban J connectivity index is 1.62. The molecule has 1 N–H and O–H groups in total. The van der Waals surface area contributed by atoms with Gasteiger partial charge in [0.2, 0.25) is 0 Å². The molecule has 3 aromatic rings. The molecule has 2 nitrogen and oxygen atoms in total. The van der Waals surface area contributed by atoms with Crippen molar-refractivity contribution >= 4 is 29.2 Å². The van der Waals surface area contributed by atoms with E-state index in [4.69, 9.17) is 11.6 Å². The number of hydrogen-bond acceptors (Lipinski definition) is 1. The van der Waals surface area contributed by atoms with Crippen LogP contribution in [0.5, 0.6) is 0 Å². The number of carbonyl (C=O) groups excluding carboxylic acids is 1. The van der Waals surface area contributed by atoms with E-state index < -0.39 is 0 Å². The molecule has 0 aromatic heterocycles. The summed E-state index contributed by atoms with van der Waals surface area (Å²) in [5.41, 5.74) is 6.30. The largest absolute Gasteiger partial charge is 0.345 e. The summed E-state index contributed by atoms with van der Waals surface area (Å²) in [6, 6.07) is 23.8. The lowest BCUT2D eigenvalue weighted by atomic mass is 9.99. The van der Waals surface area contributed by atoms with Gasteiger partial charge in [-0.25, -0.2) is 0 Å². The maximum atomic E-state index is 13.3. The van der Waals surface area contributed by atoms with Gasteiger partial charge in [-0.15, -0.1) is 0 Å². The first kappa shape index (κ1) is 19.5. The second-order valence-corrected chi connectivity index (χ2v) is 7.93. The van der Waals surface area contributed by atoms with Gasteiger partial charge < -0.3 is 5.32 Å². The Hall–Kier alpha value is -2.84. The molecule has 29 heavy (non-hydrogen) atoms. The molecular formula is C26H24ClNO. The summed E-state index contributed by atoms with van der Waals surface area (Å²) >= 11 is 6.34. The zero-order valence-electron chi connectivity index (χ0n) is 16.5. The van der Waals surface area contributed by atoms with Gasteiger partial charge in [-0.05, 0) is 66.1 Å². The van der Waals surface area contributed by atoms with Crippen molar-refractivity contribution in [2.45, 2.75) is 32.2 Å². The second-order valence-electron chi connectivity index (χ2n) is 7.52. The number of carbonyl (C=O) groups is 1. The fraction of sp³-hybridized carbons (Fsp3) is 0.192. The Kier molecular flexibility index (Phi) is 5.82. The van der Waals surface area contributed by atoms with Crippen LogP contribution in [0.1, 0.15) is 47.2 Å². The topological polar surface area (TPSA) is 29.1 Å².